The zero-order chi connectivity index (χ0) is 17.8. The van der Waals surface area contributed by atoms with Gasteiger partial charge in [-0.05, 0) is 31.4 Å². The molecule has 5 bridgehead atoms. The van der Waals surface area contributed by atoms with Crippen molar-refractivity contribution in [2.24, 2.45) is 11.3 Å². The monoisotopic (exact) mass is 352 g/mol. The molecule has 1 aliphatic carbocycles. The summed E-state index contributed by atoms with van der Waals surface area (Å²) in [6, 6.07) is 8.89. The zero-order valence-electron chi connectivity index (χ0n) is 15.1. The molecule has 1 saturated carbocycles. The number of aliphatic hydroxyl groups is 1. The molecule has 26 heavy (non-hydrogen) atoms. The van der Waals surface area contributed by atoms with Gasteiger partial charge in [-0.3, -0.25) is 9.69 Å². The maximum Gasteiger partial charge on any atom is 0.316 e. The van der Waals surface area contributed by atoms with Crippen molar-refractivity contribution in [2.45, 2.75) is 49.4 Å². The van der Waals surface area contributed by atoms with Gasteiger partial charge in [0.15, 0.2) is 0 Å². The number of ether oxygens (including phenoxy) is 1. The molecule has 0 aromatic heterocycles. The Morgan fingerprint density at radius 3 is 3.00 bits per heavy atom. The number of nitrogens with zero attached hydrogens (tertiary/aromatic N) is 1. The van der Waals surface area contributed by atoms with Crippen LogP contribution in [0.5, 0.6) is 0 Å². The number of aliphatic hydroxyl groups excluding tert-OH is 1. The highest BCUT2D eigenvalue weighted by Crippen LogP contribution is 2.71. The second-order valence-corrected chi connectivity index (χ2v) is 8.65. The van der Waals surface area contributed by atoms with Crippen LogP contribution in [0.15, 0.2) is 35.9 Å². The predicted molar refractivity (Wildman–Crippen MR) is 96.7 cm³/mol. The van der Waals surface area contributed by atoms with Gasteiger partial charge in [0.1, 0.15) is 5.41 Å². The summed E-state index contributed by atoms with van der Waals surface area (Å²) in [5, 5.41) is 15.6. The van der Waals surface area contributed by atoms with E-state index in [-0.39, 0.29) is 24.0 Å². The summed E-state index contributed by atoms with van der Waals surface area (Å²) in [4.78, 5) is 15.7. The summed E-state index contributed by atoms with van der Waals surface area (Å²) >= 11 is 0. The first-order valence-electron chi connectivity index (χ1n) is 9.64. The van der Waals surface area contributed by atoms with Crippen molar-refractivity contribution in [3.8, 4) is 0 Å². The Bertz CT molecular complexity index is 867. The Kier molecular flexibility index (Phi) is 2.65. The van der Waals surface area contributed by atoms with Crippen molar-refractivity contribution in [1.82, 2.24) is 4.90 Å². The van der Waals surface area contributed by atoms with Crippen LogP contribution in [-0.2, 0) is 14.9 Å². The Labute approximate surface area is 153 Å². The number of carbonyl (C=O) groups excluding carboxylic acids is 1. The van der Waals surface area contributed by atoms with E-state index in [1.165, 1.54) is 18.2 Å². The molecule has 1 unspecified atom stereocenters. The number of hydrogen-bond acceptors (Lipinski definition) is 5. The molecule has 2 N–H and O–H groups in total. The number of rotatable bonds is 1. The molecule has 6 aliphatic rings. The van der Waals surface area contributed by atoms with Gasteiger partial charge in [-0.1, -0.05) is 29.8 Å². The lowest BCUT2D eigenvalue weighted by Crippen LogP contribution is -2.71. The molecule has 5 heteroatoms. The van der Waals surface area contributed by atoms with Crippen molar-refractivity contribution < 1.29 is 14.6 Å². The number of methoxy groups -OCH3 is 1. The Balaban J connectivity index is 1.65. The quantitative estimate of drug-likeness (QED) is 0.595. The van der Waals surface area contributed by atoms with E-state index in [1.807, 2.05) is 12.1 Å². The van der Waals surface area contributed by atoms with Gasteiger partial charge in [-0.25, -0.2) is 0 Å². The Hall–Kier alpha value is -1.85. The SMILES string of the molecule is C/C=C1/CN2[C@H]3C[C@H]1[C@@]1(C(=O)OC)[C@H](O)[C@@]4(C[C@@H]21)c1ccccc1N[C@H]34. The number of esters is 1. The van der Waals surface area contributed by atoms with E-state index in [1.54, 1.807) is 0 Å². The molecule has 0 amide bonds. The van der Waals surface area contributed by atoms with Crippen LogP contribution >= 0.6 is 0 Å². The van der Waals surface area contributed by atoms with Crippen LogP contribution in [-0.4, -0.2) is 53.9 Å². The topological polar surface area (TPSA) is 61.8 Å². The van der Waals surface area contributed by atoms with Gasteiger partial charge >= 0.3 is 5.97 Å². The lowest BCUT2D eigenvalue weighted by atomic mass is 9.58. The van der Waals surface area contributed by atoms with Crippen LogP contribution in [0.25, 0.3) is 0 Å². The van der Waals surface area contributed by atoms with Crippen LogP contribution in [0.1, 0.15) is 25.3 Å². The molecule has 5 fully saturated rings. The van der Waals surface area contributed by atoms with Gasteiger partial charge in [0, 0.05) is 35.6 Å². The molecular formula is C21H24N2O3. The van der Waals surface area contributed by atoms with E-state index in [2.05, 4.69) is 35.3 Å². The molecule has 1 aromatic rings. The highest BCUT2D eigenvalue weighted by atomic mass is 16.5. The Morgan fingerprint density at radius 2 is 2.23 bits per heavy atom. The largest absolute Gasteiger partial charge is 0.468 e. The van der Waals surface area contributed by atoms with E-state index in [0.717, 1.165) is 25.1 Å². The number of para-hydroxylation sites is 1. The standard InChI is InChI=1S/C21H24N2O3/c1-3-11-10-23-15-8-13(11)21(19(25)26-2)16(23)9-20(18(21)24)12-6-4-5-7-14(12)22-17(15)20/h3-7,13,15-18,22,24H,8-10H2,1-2H3/b11-3-/t13-,15+,16-,17-,18-,20+,21+/m1/s1. The normalized spacial score (nSPS) is 50.5. The molecule has 5 heterocycles. The second-order valence-electron chi connectivity index (χ2n) is 8.65. The highest BCUT2D eigenvalue weighted by molar-refractivity contribution is 5.84. The molecular weight excluding hydrogens is 328 g/mol. The third-order valence-electron chi connectivity index (χ3n) is 8.30. The second kappa shape index (κ2) is 4.52. The molecule has 8 atom stereocenters. The third-order valence-corrected chi connectivity index (χ3v) is 8.30. The number of fused-ring (bicyclic) bond motifs is 2. The van der Waals surface area contributed by atoms with Crippen molar-refractivity contribution in [3.63, 3.8) is 0 Å². The first kappa shape index (κ1) is 15.2. The van der Waals surface area contributed by atoms with Gasteiger partial charge in [0.05, 0.1) is 19.3 Å². The van der Waals surface area contributed by atoms with E-state index in [9.17, 15) is 9.90 Å². The van der Waals surface area contributed by atoms with Crippen LogP contribution in [0.3, 0.4) is 0 Å². The van der Waals surface area contributed by atoms with Crippen molar-refractivity contribution >= 4 is 11.7 Å². The molecule has 136 valence electrons. The van der Waals surface area contributed by atoms with Gasteiger partial charge in [-0.2, -0.15) is 0 Å². The van der Waals surface area contributed by atoms with Crippen molar-refractivity contribution in [2.75, 3.05) is 19.0 Å². The van der Waals surface area contributed by atoms with Crippen molar-refractivity contribution in [3.05, 3.63) is 41.5 Å². The minimum atomic E-state index is -0.848. The number of anilines is 1. The van der Waals surface area contributed by atoms with Crippen LogP contribution < -0.4 is 5.32 Å². The van der Waals surface area contributed by atoms with Crippen LogP contribution in [0.4, 0.5) is 5.69 Å². The van der Waals surface area contributed by atoms with Crippen LogP contribution in [0.2, 0.25) is 0 Å². The minimum absolute atomic E-state index is 0.0570. The zero-order valence-corrected chi connectivity index (χ0v) is 15.1. The maximum atomic E-state index is 13.2. The lowest BCUT2D eigenvalue weighted by Gasteiger charge is -2.60. The lowest BCUT2D eigenvalue weighted by molar-refractivity contribution is -0.179. The van der Waals surface area contributed by atoms with E-state index < -0.39 is 16.9 Å². The number of allylic oxidation sites excluding steroid dienone is 1. The van der Waals surface area contributed by atoms with E-state index in [0.29, 0.717) is 6.04 Å². The average molecular weight is 352 g/mol. The first-order valence-corrected chi connectivity index (χ1v) is 9.64. The summed E-state index contributed by atoms with van der Waals surface area (Å²) in [6.07, 6.45) is 3.15. The smallest absolute Gasteiger partial charge is 0.316 e. The predicted octanol–water partition coefficient (Wildman–Crippen LogP) is 1.68. The van der Waals surface area contributed by atoms with Gasteiger partial charge in [0.2, 0.25) is 0 Å². The Morgan fingerprint density at radius 1 is 1.42 bits per heavy atom. The highest BCUT2D eigenvalue weighted by Gasteiger charge is 2.82. The summed E-state index contributed by atoms with van der Waals surface area (Å²) in [5.74, 6) is -0.154. The maximum absolute atomic E-state index is 13.2. The van der Waals surface area contributed by atoms with Gasteiger partial charge < -0.3 is 15.2 Å². The number of piperidine rings is 4. The molecule has 5 nitrogen and oxygen atoms in total. The van der Waals surface area contributed by atoms with Crippen LogP contribution in [0, 0.1) is 11.3 Å². The number of benzene rings is 1. The summed E-state index contributed by atoms with van der Waals surface area (Å²) in [7, 11) is 1.46. The molecule has 1 aromatic carbocycles. The number of hydrogen-bond donors (Lipinski definition) is 2. The summed E-state index contributed by atoms with van der Waals surface area (Å²) in [6.45, 7) is 2.96. The van der Waals surface area contributed by atoms with Gasteiger partial charge in [0.25, 0.3) is 0 Å². The summed E-state index contributed by atoms with van der Waals surface area (Å²) in [5.41, 5.74) is 2.34. The molecule has 1 spiro atoms. The average Bonchev–Trinajstić information content (AvgIpc) is 3.13. The third kappa shape index (κ3) is 1.28. The fourth-order valence-electron chi connectivity index (χ4n) is 7.49. The molecule has 4 saturated heterocycles. The molecule has 7 rings (SSSR count). The van der Waals surface area contributed by atoms with E-state index >= 15 is 0 Å². The fraction of sp³-hybridized carbons (Fsp3) is 0.571. The number of carbonyl (C=O) groups is 1. The van der Waals surface area contributed by atoms with Gasteiger partial charge in [-0.15, -0.1) is 0 Å². The molecule has 5 aliphatic heterocycles. The molecule has 0 radical (unpaired) electrons. The van der Waals surface area contributed by atoms with Crippen molar-refractivity contribution in [1.29, 1.82) is 0 Å². The fourth-order valence-corrected chi connectivity index (χ4v) is 7.49. The van der Waals surface area contributed by atoms with E-state index in [4.69, 9.17) is 4.74 Å². The first-order chi connectivity index (χ1) is 12.6. The number of nitrogens with one attached hydrogen (secondary N) is 1. The minimum Gasteiger partial charge on any atom is -0.468 e. The summed E-state index contributed by atoms with van der Waals surface area (Å²) < 4.78 is 5.34.